The molecule has 0 saturated heterocycles. The summed E-state index contributed by atoms with van der Waals surface area (Å²) in [4.78, 5) is 4.01. The number of hydrogen-bond donors (Lipinski definition) is 0. The van der Waals surface area contributed by atoms with Crippen molar-refractivity contribution in [3.8, 4) is 12.3 Å². The van der Waals surface area contributed by atoms with Crippen molar-refractivity contribution in [1.29, 1.82) is 0 Å². The Morgan fingerprint density at radius 1 is 1.75 bits per heavy atom. The zero-order valence-electron chi connectivity index (χ0n) is 4.76. The maximum absolute atomic E-state index is 5.15. The molecule has 0 aromatic heterocycles. The van der Waals surface area contributed by atoms with Gasteiger partial charge in [-0.05, 0) is 19.1 Å². The predicted molar refractivity (Wildman–Crippen MR) is 34.9 cm³/mol. The van der Waals surface area contributed by atoms with E-state index in [1.54, 1.807) is 6.21 Å². The predicted octanol–water partition coefficient (Wildman–Crippen LogP) is 1.02. The fourth-order valence-electron chi connectivity index (χ4n) is 0.557. The van der Waals surface area contributed by atoms with Crippen LogP contribution in [0.25, 0.3) is 0 Å². The third-order valence-electron chi connectivity index (χ3n) is 1.14. The lowest BCUT2D eigenvalue weighted by Crippen LogP contribution is -2.11. The number of aliphatic imine (C=N–C) groups is 1. The lowest BCUT2D eigenvalue weighted by molar-refractivity contribution is 0.785. The molecule has 0 aliphatic carbocycles. The molecule has 1 heterocycles. The SMILES string of the molecule is C#C[C@]1(C)C=CC=N1. The number of nitrogens with zero attached hydrogens (tertiary/aromatic N) is 1. The van der Waals surface area contributed by atoms with Gasteiger partial charge in [-0.3, -0.25) is 4.99 Å². The minimum atomic E-state index is -0.347. The van der Waals surface area contributed by atoms with Gasteiger partial charge in [-0.2, -0.15) is 0 Å². The number of allylic oxidation sites excluding steroid dienone is 1. The van der Waals surface area contributed by atoms with Crippen molar-refractivity contribution in [2.75, 3.05) is 0 Å². The second kappa shape index (κ2) is 1.48. The smallest absolute Gasteiger partial charge is 0.136 e. The Kier molecular flexibility index (Phi) is 0.948. The molecule has 0 unspecified atom stereocenters. The first-order chi connectivity index (χ1) is 3.77. The largest absolute Gasteiger partial charge is 0.270 e. The molecule has 0 radical (unpaired) electrons. The van der Waals surface area contributed by atoms with Gasteiger partial charge in [-0.25, -0.2) is 0 Å². The molecule has 0 amide bonds. The summed E-state index contributed by atoms with van der Waals surface area (Å²) < 4.78 is 0. The van der Waals surface area contributed by atoms with Crippen molar-refractivity contribution in [1.82, 2.24) is 0 Å². The maximum Gasteiger partial charge on any atom is 0.136 e. The van der Waals surface area contributed by atoms with E-state index in [1.807, 2.05) is 19.1 Å². The Labute approximate surface area is 49.1 Å². The van der Waals surface area contributed by atoms with Gasteiger partial charge in [0, 0.05) is 6.21 Å². The van der Waals surface area contributed by atoms with E-state index in [9.17, 15) is 0 Å². The summed E-state index contributed by atoms with van der Waals surface area (Å²) in [7, 11) is 0. The number of terminal acetylenes is 1. The molecule has 40 valence electrons. The van der Waals surface area contributed by atoms with Gasteiger partial charge in [0.25, 0.3) is 0 Å². The van der Waals surface area contributed by atoms with Gasteiger partial charge in [-0.15, -0.1) is 6.42 Å². The van der Waals surface area contributed by atoms with Crippen LogP contribution in [0.5, 0.6) is 0 Å². The summed E-state index contributed by atoms with van der Waals surface area (Å²) in [6.45, 7) is 1.90. The monoisotopic (exact) mass is 105 g/mol. The van der Waals surface area contributed by atoms with E-state index in [4.69, 9.17) is 6.42 Å². The van der Waals surface area contributed by atoms with Crippen LogP contribution in [0.1, 0.15) is 6.92 Å². The molecule has 0 aromatic rings. The summed E-state index contributed by atoms with van der Waals surface area (Å²) in [5, 5.41) is 0. The average Bonchev–Trinajstić information content (AvgIpc) is 2.17. The van der Waals surface area contributed by atoms with Crippen molar-refractivity contribution in [2.24, 2.45) is 4.99 Å². The molecule has 1 rings (SSSR count). The summed E-state index contributed by atoms with van der Waals surface area (Å²) in [5.41, 5.74) is -0.347. The minimum absolute atomic E-state index is 0.347. The topological polar surface area (TPSA) is 12.4 Å². The summed E-state index contributed by atoms with van der Waals surface area (Å²) in [6.07, 6.45) is 10.6. The molecular weight excluding hydrogens is 98.1 g/mol. The quantitative estimate of drug-likeness (QED) is 0.408. The van der Waals surface area contributed by atoms with Crippen LogP contribution in [0, 0.1) is 12.3 Å². The van der Waals surface area contributed by atoms with E-state index in [2.05, 4.69) is 10.9 Å². The third kappa shape index (κ3) is 0.651. The highest BCUT2D eigenvalue weighted by Gasteiger charge is 2.15. The number of rotatable bonds is 0. The normalized spacial score (nSPS) is 33.0. The van der Waals surface area contributed by atoms with Gasteiger partial charge in [0.2, 0.25) is 0 Å². The van der Waals surface area contributed by atoms with Crippen LogP contribution in [-0.4, -0.2) is 11.8 Å². The van der Waals surface area contributed by atoms with E-state index in [-0.39, 0.29) is 5.54 Å². The Hall–Kier alpha value is -1.03. The lowest BCUT2D eigenvalue weighted by atomic mass is 10.1. The van der Waals surface area contributed by atoms with Gasteiger partial charge in [-0.1, -0.05) is 5.92 Å². The standard InChI is InChI=1S/C7H7N/c1-3-7(2)5-4-6-8-7/h1,4-6H,2H3/t7-/m1/s1. The molecule has 0 saturated carbocycles. The van der Waals surface area contributed by atoms with Crippen LogP contribution in [0.4, 0.5) is 0 Å². The molecule has 0 aromatic carbocycles. The van der Waals surface area contributed by atoms with Gasteiger partial charge in [0.15, 0.2) is 0 Å². The Balaban J connectivity index is 2.89. The van der Waals surface area contributed by atoms with Crippen LogP contribution in [0.3, 0.4) is 0 Å². The summed E-state index contributed by atoms with van der Waals surface area (Å²) in [6, 6.07) is 0. The first-order valence-electron chi connectivity index (χ1n) is 2.48. The zero-order valence-corrected chi connectivity index (χ0v) is 4.76. The molecule has 0 fully saturated rings. The van der Waals surface area contributed by atoms with Crippen molar-refractivity contribution in [2.45, 2.75) is 12.5 Å². The average molecular weight is 105 g/mol. The van der Waals surface area contributed by atoms with Crippen LogP contribution >= 0.6 is 0 Å². The molecular formula is C7H7N. The zero-order chi connectivity index (χ0) is 6.04. The van der Waals surface area contributed by atoms with E-state index >= 15 is 0 Å². The molecule has 1 aliphatic heterocycles. The van der Waals surface area contributed by atoms with Crippen molar-refractivity contribution >= 4 is 6.21 Å². The maximum atomic E-state index is 5.15. The second-order valence-corrected chi connectivity index (χ2v) is 1.93. The second-order valence-electron chi connectivity index (χ2n) is 1.93. The Morgan fingerprint density at radius 2 is 2.50 bits per heavy atom. The van der Waals surface area contributed by atoms with E-state index in [0.717, 1.165) is 0 Å². The van der Waals surface area contributed by atoms with Crippen LogP contribution in [-0.2, 0) is 0 Å². The third-order valence-corrected chi connectivity index (χ3v) is 1.14. The highest BCUT2D eigenvalue weighted by atomic mass is 14.8. The minimum Gasteiger partial charge on any atom is -0.270 e. The summed E-state index contributed by atoms with van der Waals surface area (Å²) >= 11 is 0. The number of hydrogen-bond acceptors (Lipinski definition) is 1. The van der Waals surface area contributed by atoms with Crippen LogP contribution in [0.2, 0.25) is 0 Å². The molecule has 1 nitrogen and oxygen atoms in total. The summed E-state index contributed by atoms with van der Waals surface area (Å²) in [5.74, 6) is 2.56. The van der Waals surface area contributed by atoms with Crippen molar-refractivity contribution in [3.63, 3.8) is 0 Å². The highest BCUT2D eigenvalue weighted by Crippen LogP contribution is 2.13. The molecule has 0 spiro atoms. The fourth-order valence-corrected chi connectivity index (χ4v) is 0.557. The first kappa shape index (κ1) is 5.11. The Bertz CT molecular complexity index is 169. The van der Waals surface area contributed by atoms with Crippen LogP contribution < -0.4 is 0 Å². The highest BCUT2D eigenvalue weighted by molar-refractivity contribution is 5.76. The fraction of sp³-hybridized carbons (Fsp3) is 0.286. The van der Waals surface area contributed by atoms with Crippen molar-refractivity contribution < 1.29 is 0 Å². The van der Waals surface area contributed by atoms with Gasteiger partial charge in [0.05, 0.1) is 0 Å². The molecule has 1 atom stereocenters. The molecule has 0 bridgehead atoms. The van der Waals surface area contributed by atoms with E-state index < -0.39 is 0 Å². The molecule has 0 N–H and O–H groups in total. The molecule has 1 aliphatic rings. The van der Waals surface area contributed by atoms with Crippen molar-refractivity contribution in [3.05, 3.63) is 12.2 Å². The van der Waals surface area contributed by atoms with E-state index in [0.29, 0.717) is 0 Å². The molecule has 1 heteroatoms. The molecule has 8 heavy (non-hydrogen) atoms. The Morgan fingerprint density at radius 3 is 2.75 bits per heavy atom. The van der Waals surface area contributed by atoms with Gasteiger partial charge >= 0.3 is 0 Å². The van der Waals surface area contributed by atoms with Crippen LogP contribution in [0.15, 0.2) is 17.1 Å². The van der Waals surface area contributed by atoms with Gasteiger partial charge < -0.3 is 0 Å². The van der Waals surface area contributed by atoms with E-state index in [1.165, 1.54) is 0 Å². The lowest BCUT2D eigenvalue weighted by Gasteiger charge is -2.06. The van der Waals surface area contributed by atoms with Gasteiger partial charge in [0.1, 0.15) is 5.54 Å². The first-order valence-corrected chi connectivity index (χ1v) is 2.48.